The van der Waals surface area contributed by atoms with E-state index in [1.54, 1.807) is 20.8 Å². The molecule has 0 unspecified atom stereocenters. The molecule has 0 aromatic heterocycles. The lowest BCUT2D eigenvalue weighted by molar-refractivity contribution is -0.144. The van der Waals surface area contributed by atoms with Crippen molar-refractivity contribution in [1.29, 1.82) is 0 Å². The molecule has 94 valence electrons. The van der Waals surface area contributed by atoms with Gasteiger partial charge in [-0.05, 0) is 27.2 Å². The predicted molar refractivity (Wildman–Crippen MR) is 61.1 cm³/mol. The lowest BCUT2D eigenvalue weighted by Gasteiger charge is -2.22. The average Bonchev–Trinajstić information content (AvgIpc) is 2.88. The number of esters is 1. The van der Waals surface area contributed by atoms with Crippen LogP contribution in [0.3, 0.4) is 0 Å². The van der Waals surface area contributed by atoms with Crippen LogP contribution >= 0.6 is 0 Å². The van der Waals surface area contributed by atoms with Crippen LogP contribution in [-0.4, -0.2) is 30.3 Å². The maximum Gasteiger partial charge on any atom is 0.408 e. The zero-order valence-corrected chi connectivity index (χ0v) is 10.5. The Hall–Kier alpha value is -1.70. The molecule has 0 aliphatic heterocycles. The normalized spacial score (nSPS) is 26.6. The number of terminal acetylenes is 1. The fourth-order valence-corrected chi connectivity index (χ4v) is 1.55. The topological polar surface area (TPSA) is 64.6 Å². The molecule has 1 N–H and O–H groups in total. The molecule has 0 spiro atoms. The first-order valence-corrected chi connectivity index (χ1v) is 5.31. The van der Waals surface area contributed by atoms with Crippen molar-refractivity contribution in [3.05, 3.63) is 0 Å². The van der Waals surface area contributed by atoms with Gasteiger partial charge in [-0.25, -0.2) is 9.59 Å². The zero-order valence-electron chi connectivity index (χ0n) is 10.5. The number of ether oxygens (including phenoxy) is 2. The summed E-state index contributed by atoms with van der Waals surface area (Å²) in [6, 6.07) is 0. The third-order valence-corrected chi connectivity index (χ3v) is 2.44. The first-order valence-electron chi connectivity index (χ1n) is 5.31. The van der Waals surface area contributed by atoms with Crippen LogP contribution in [0.2, 0.25) is 0 Å². The smallest absolute Gasteiger partial charge is 0.408 e. The van der Waals surface area contributed by atoms with E-state index < -0.39 is 23.2 Å². The van der Waals surface area contributed by atoms with Gasteiger partial charge in [0, 0.05) is 0 Å². The molecular weight excluding hydrogens is 222 g/mol. The Morgan fingerprint density at radius 2 is 2.06 bits per heavy atom. The molecular formula is C12H17NO4. The van der Waals surface area contributed by atoms with Gasteiger partial charge < -0.3 is 14.8 Å². The van der Waals surface area contributed by atoms with E-state index in [1.165, 1.54) is 7.11 Å². The number of nitrogens with one attached hydrogen (secondary N) is 1. The van der Waals surface area contributed by atoms with Crippen LogP contribution in [0.5, 0.6) is 0 Å². The minimum Gasteiger partial charge on any atom is -0.467 e. The maximum absolute atomic E-state index is 11.6. The first-order chi connectivity index (χ1) is 7.75. The van der Waals surface area contributed by atoms with E-state index >= 15 is 0 Å². The summed E-state index contributed by atoms with van der Waals surface area (Å²) >= 11 is 0. The molecule has 1 aliphatic carbocycles. The van der Waals surface area contributed by atoms with E-state index in [9.17, 15) is 9.59 Å². The van der Waals surface area contributed by atoms with Crippen molar-refractivity contribution in [3.63, 3.8) is 0 Å². The van der Waals surface area contributed by atoms with E-state index in [2.05, 4.69) is 16.0 Å². The SMILES string of the molecule is C#C[C@@H]1C[C@@]1(NC(=O)OC(C)(C)C)C(=O)OC. The maximum atomic E-state index is 11.6. The quantitative estimate of drug-likeness (QED) is 0.578. The standard InChI is InChI=1S/C12H17NO4/c1-6-8-7-12(8,9(14)16-5)13-10(15)17-11(2,3)4/h1,8H,7H2,2-5H3,(H,13,15)/t8-,12+/m1/s1. The number of hydrogen-bond acceptors (Lipinski definition) is 4. The molecule has 5 heteroatoms. The van der Waals surface area contributed by atoms with E-state index in [-0.39, 0.29) is 5.92 Å². The summed E-state index contributed by atoms with van der Waals surface area (Å²) in [5.74, 6) is 1.58. The monoisotopic (exact) mass is 239 g/mol. The summed E-state index contributed by atoms with van der Waals surface area (Å²) in [6.45, 7) is 5.22. The second kappa shape index (κ2) is 4.28. The van der Waals surface area contributed by atoms with Crippen LogP contribution in [-0.2, 0) is 14.3 Å². The number of amides is 1. The number of carbonyl (C=O) groups excluding carboxylic acids is 2. The van der Waals surface area contributed by atoms with Crippen molar-refractivity contribution >= 4 is 12.1 Å². The van der Waals surface area contributed by atoms with Gasteiger partial charge in [-0.1, -0.05) is 0 Å². The summed E-state index contributed by atoms with van der Waals surface area (Å²) in [4.78, 5) is 23.2. The van der Waals surface area contributed by atoms with E-state index in [0.29, 0.717) is 6.42 Å². The highest BCUT2D eigenvalue weighted by Crippen LogP contribution is 2.44. The van der Waals surface area contributed by atoms with Crippen LogP contribution in [0.1, 0.15) is 27.2 Å². The number of carbonyl (C=O) groups is 2. The Morgan fingerprint density at radius 1 is 1.47 bits per heavy atom. The minimum atomic E-state index is -1.11. The molecule has 1 amide bonds. The summed E-state index contributed by atoms with van der Waals surface area (Å²) in [5, 5.41) is 2.50. The van der Waals surface area contributed by atoms with Crippen molar-refractivity contribution in [2.75, 3.05) is 7.11 Å². The summed E-state index contributed by atoms with van der Waals surface area (Å²) in [7, 11) is 1.26. The Morgan fingerprint density at radius 3 is 2.41 bits per heavy atom. The van der Waals surface area contributed by atoms with Crippen LogP contribution in [0.15, 0.2) is 0 Å². The second-order valence-corrected chi connectivity index (χ2v) is 5.01. The zero-order chi connectivity index (χ0) is 13.3. The third kappa shape index (κ3) is 2.90. The molecule has 0 bridgehead atoms. The van der Waals surface area contributed by atoms with Gasteiger partial charge in [0.15, 0.2) is 5.54 Å². The molecule has 1 saturated carbocycles. The van der Waals surface area contributed by atoms with Crippen molar-refractivity contribution in [2.24, 2.45) is 5.92 Å². The summed E-state index contributed by atoms with van der Waals surface area (Å²) in [6.07, 6.45) is 4.97. The Kier molecular flexibility index (Phi) is 3.37. The van der Waals surface area contributed by atoms with Crippen molar-refractivity contribution in [2.45, 2.75) is 38.3 Å². The van der Waals surface area contributed by atoms with Gasteiger partial charge in [-0.3, -0.25) is 0 Å². The highest BCUT2D eigenvalue weighted by atomic mass is 16.6. The molecule has 17 heavy (non-hydrogen) atoms. The van der Waals surface area contributed by atoms with Crippen molar-refractivity contribution in [1.82, 2.24) is 5.32 Å². The van der Waals surface area contributed by atoms with Gasteiger partial charge in [0.25, 0.3) is 0 Å². The molecule has 1 fully saturated rings. The van der Waals surface area contributed by atoms with Crippen molar-refractivity contribution < 1.29 is 19.1 Å². The molecule has 2 atom stereocenters. The van der Waals surface area contributed by atoms with E-state index in [1.807, 2.05) is 0 Å². The molecule has 5 nitrogen and oxygen atoms in total. The molecule has 0 aromatic carbocycles. The van der Waals surface area contributed by atoms with Gasteiger partial charge >= 0.3 is 12.1 Å². The largest absolute Gasteiger partial charge is 0.467 e. The summed E-state index contributed by atoms with van der Waals surface area (Å²) < 4.78 is 9.71. The van der Waals surface area contributed by atoms with Gasteiger partial charge in [0.05, 0.1) is 13.0 Å². The van der Waals surface area contributed by atoms with E-state index in [4.69, 9.17) is 11.2 Å². The lowest BCUT2D eigenvalue weighted by Crippen LogP contribution is -2.47. The molecule has 0 heterocycles. The van der Waals surface area contributed by atoms with Crippen molar-refractivity contribution in [3.8, 4) is 12.3 Å². The van der Waals surface area contributed by atoms with Crippen LogP contribution in [0, 0.1) is 18.3 Å². The van der Waals surface area contributed by atoms with Gasteiger partial charge in [-0.15, -0.1) is 12.3 Å². The lowest BCUT2D eigenvalue weighted by atomic mass is 10.2. The number of hydrogen-bond donors (Lipinski definition) is 1. The highest BCUT2D eigenvalue weighted by Gasteiger charge is 2.62. The van der Waals surface area contributed by atoms with Gasteiger partial charge in [0.1, 0.15) is 5.60 Å². The van der Waals surface area contributed by atoms with Gasteiger partial charge in [0.2, 0.25) is 0 Å². The summed E-state index contributed by atoms with van der Waals surface area (Å²) in [5.41, 5.74) is -1.73. The minimum absolute atomic E-state index is 0.331. The third-order valence-electron chi connectivity index (χ3n) is 2.44. The van der Waals surface area contributed by atoms with Gasteiger partial charge in [-0.2, -0.15) is 0 Å². The molecule has 0 aromatic rings. The van der Waals surface area contributed by atoms with Crippen LogP contribution in [0.25, 0.3) is 0 Å². The van der Waals surface area contributed by atoms with Crippen LogP contribution in [0.4, 0.5) is 4.79 Å². The average molecular weight is 239 g/mol. The molecule has 1 rings (SSSR count). The number of alkyl carbamates (subject to hydrolysis) is 1. The Labute approximate surface area is 101 Å². The molecule has 0 radical (unpaired) electrons. The fourth-order valence-electron chi connectivity index (χ4n) is 1.55. The predicted octanol–water partition coefficient (Wildman–Crippen LogP) is 1.08. The highest BCUT2D eigenvalue weighted by molar-refractivity contribution is 5.90. The Bertz CT molecular complexity index is 377. The fraction of sp³-hybridized carbons (Fsp3) is 0.667. The van der Waals surface area contributed by atoms with E-state index in [0.717, 1.165) is 0 Å². The molecule has 1 aliphatic rings. The second-order valence-electron chi connectivity index (χ2n) is 5.01. The number of methoxy groups -OCH3 is 1. The first kappa shape index (κ1) is 13.4. The number of rotatable bonds is 2. The Balaban J connectivity index is 2.69. The molecule has 0 saturated heterocycles. The van der Waals surface area contributed by atoms with Crippen LogP contribution < -0.4 is 5.32 Å².